The minimum atomic E-state index is 0.0815. The van der Waals surface area contributed by atoms with E-state index in [1.807, 2.05) is 17.8 Å². The van der Waals surface area contributed by atoms with Crippen molar-refractivity contribution >= 4 is 0 Å². The van der Waals surface area contributed by atoms with Crippen molar-refractivity contribution in [2.75, 3.05) is 13.2 Å². The van der Waals surface area contributed by atoms with Gasteiger partial charge in [0.1, 0.15) is 0 Å². The van der Waals surface area contributed by atoms with Crippen molar-refractivity contribution in [2.45, 2.75) is 46.1 Å². The van der Waals surface area contributed by atoms with Gasteiger partial charge < -0.3 is 4.74 Å². The summed E-state index contributed by atoms with van der Waals surface area (Å²) in [6, 6.07) is 0. The SMILES string of the molecule is CCOCCCc1cnn(C(C)(C)C)c1. The highest BCUT2D eigenvalue weighted by molar-refractivity contribution is 5.05. The van der Waals surface area contributed by atoms with E-state index in [-0.39, 0.29) is 5.54 Å². The molecule has 1 heterocycles. The first-order valence-electron chi connectivity index (χ1n) is 5.66. The van der Waals surface area contributed by atoms with Crippen LogP contribution in [0.1, 0.15) is 39.7 Å². The Morgan fingerprint density at radius 3 is 2.67 bits per heavy atom. The predicted molar refractivity (Wildman–Crippen MR) is 62.0 cm³/mol. The number of hydrogen-bond acceptors (Lipinski definition) is 2. The van der Waals surface area contributed by atoms with Crippen LogP contribution in [0.5, 0.6) is 0 Å². The summed E-state index contributed by atoms with van der Waals surface area (Å²) in [5.74, 6) is 0. The molecule has 0 bridgehead atoms. The Hall–Kier alpha value is -0.830. The fourth-order valence-electron chi connectivity index (χ4n) is 1.38. The van der Waals surface area contributed by atoms with Crippen molar-refractivity contribution in [3.8, 4) is 0 Å². The summed E-state index contributed by atoms with van der Waals surface area (Å²) in [6.45, 7) is 10.1. The van der Waals surface area contributed by atoms with Crippen molar-refractivity contribution in [2.24, 2.45) is 0 Å². The maximum absolute atomic E-state index is 5.30. The molecule has 15 heavy (non-hydrogen) atoms. The van der Waals surface area contributed by atoms with E-state index in [9.17, 15) is 0 Å². The van der Waals surface area contributed by atoms with Crippen molar-refractivity contribution in [1.29, 1.82) is 0 Å². The highest BCUT2D eigenvalue weighted by Gasteiger charge is 2.13. The number of nitrogens with zero attached hydrogens (tertiary/aromatic N) is 2. The van der Waals surface area contributed by atoms with Gasteiger partial charge in [0.15, 0.2) is 0 Å². The number of aryl methyl sites for hydroxylation is 1. The molecule has 0 unspecified atom stereocenters. The lowest BCUT2D eigenvalue weighted by Gasteiger charge is -2.18. The summed E-state index contributed by atoms with van der Waals surface area (Å²) < 4.78 is 7.32. The third-order valence-corrected chi connectivity index (χ3v) is 2.28. The van der Waals surface area contributed by atoms with Crippen LogP contribution in [0, 0.1) is 0 Å². The average Bonchev–Trinajstić information content (AvgIpc) is 2.60. The summed E-state index contributed by atoms with van der Waals surface area (Å²) in [4.78, 5) is 0. The minimum Gasteiger partial charge on any atom is -0.382 e. The highest BCUT2D eigenvalue weighted by atomic mass is 16.5. The lowest BCUT2D eigenvalue weighted by atomic mass is 10.1. The van der Waals surface area contributed by atoms with Crippen LogP contribution >= 0.6 is 0 Å². The zero-order valence-electron chi connectivity index (χ0n) is 10.3. The summed E-state index contributed by atoms with van der Waals surface area (Å²) >= 11 is 0. The van der Waals surface area contributed by atoms with Gasteiger partial charge in [-0.3, -0.25) is 4.68 Å². The van der Waals surface area contributed by atoms with Gasteiger partial charge >= 0.3 is 0 Å². The van der Waals surface area contributed by atoms with Gasteiger partial charge in [0.2, 0.25) is 0 Å². The first kappa shape index (κ1) is 12.2. The molecule has 0 saturated carbocycles. The molecule has 0 aliphatic heterocycles. The van der Waals surface area contributed by atoms with Gasteiger partial charge in [-0.05, 0) is 46.1 Å². The lowest BCUT2D eigenvalue weighted by Crippen LogP contribution is -2.21. The van der Waals surface area contributed by atoms with Gasteiger partial charge in [-0.15, -0.1) is 0 Å². The second-order valence-corrected chi connectivity index (χ2v) is 4.76. The monoisotopic (exact) mass is 210 g/mol. The maximum Gasteiger partial charge on any atom is 0.0543 e. The van der Waals surface area contributed by atoms with Crippen LogP contribution in [0.3, 0.4) is 0 Å². The molecule has 0 aromatic carbocycles. The van der Waals surface area contributed by atoms with Crippen LogP contribution in [-0.2, 0) is 16.7 Å². The Balaban J connectivity index is 2.40. The fraction of sp³-hybridized carbons (Fsp3) is 0.750. The topological polar surface area (TPSA) is 27.1 Å². The summed E-state index contributed by atoms with van der Waals surface area (Å²) in [6.07, 6.45) is 6.21. The van der Waals surface area contributed by atoms with Crippen molar-refractivity contribution < 1.29 is 4.74 Å². The molecule has 0 spiro atoms. The molecule has 0 N–H and O–H groups in total. The third-order valence-electron chi connectivity index (χ3n) is 2.28. The van der Waals surface area contributed by atoms with Crippen LogP contribution in [-0.4, -0.2) is 23.0 Å². The molecule has 3 nitrogen and oxygen atoms in total. The number of hydrogen-bond donors (Lipinski definition) is 0. The molecule has 1 aromatic rings. The molecule has 0 atom stereocenters. The second-order valence-electron chi connectivity index (χ2n) is 4.76. The second kappa shape index (κ2) is 5.31. The third kappa shape index (κ3) is 4.04. The van der Waals surface area contributed by atoms with E-state index in [2.05, 4.69) is 32.1 Å². The molecular weight excluding hydrogens is 188 g/mol. The summed E-state index contributed by atoms with van der Waals surface area (Å²) in [5, 5.41) is 4.36. The first-order chi connectivity index (χ1) is 7.04. The normalized spacial score (nSPS) is 12.0. The smallest absolute Gasteiger partial charge is 0.0543 e. The standard InChI is InChI=1S/C12H22N2O/c1-5-15-8-6-7-11-9-13-14(10-11)12(2,3)4/h9-10H,5-8H2,1-4H3. The minimum absolute atomic E-state index is 0.0815. The summed E-state index contributed by atoms with van der Waals surface area (Å²) in [7, 11) is 0. The Kier molecular flexibility index (Phi) is 4.33. The zero-order valence-corrected chi connectivity index (χ0v) is 10.3. The molecule has 86 valence electrons. The highest BCUT2D eigenvalue weighted by Crippen LogP contribution is 2.13. The Morgan fingerprint density at radius 2 is 2.13 bits per heavy atom. The van der Waals surface area contributed by atoms with Crippen molar-refractivity contribution in [3.63, 3.8) is 0 Å². The van der Waals surface area contributed by atoms with E-state index in [0.717, 1.165) is 26.1 Å². The molecule has 0 aliphatic rings. The molecule has 3 heteroatoms. The van der Waals surface area contributed by atoms with Crippen molar-refractivity contribution in [3.05, 3.63) is 18.0 Å². The van der Waals surface area contributed by atoms with Crippen LogP contribution in [0.25, 0.3) is 0 Å². The summed E-state index contributed by atoms with van der Waals surface area (Å²) in [5.41, 5.74) is 1.38. The predicted octanol–water partition coefficient (Wildman–Crippen LogP) is 2.61. The van der Waals surface area contributed by atoms with Gasteiger partial charge in [0.25, 0.3) is 0 Å². The van der Waals surface area contributed by atoms with E-state index in [4.69, 9.17) is 4.74 Å². The van der Waals surface area contributed by atoms with Crippen LogP contribution in [0.4, 0.5) is 0 Å². The Morgan fingerprint density at radius 1 is 1.40 bits per heavy atom. The first-order valence-corrected chi connectivity index (χ1v) is 5.66. The molecule has 0 amide bonds. The Labute approximate surface area is 92.4 Å². The molecule has 1 aromatic heterocycles. The fourth-order valence-corrected chi connectivity index (χ4v) is 1.38. The molecule has 1 rings (SSSR count). The molecular formula is C12H22N2O. The van der Waals surface area contributed by atoms with Crippen LogP contribution < -0.4 is 0 Å². The molecule has 0 radical (unpaired) electrons. The van der Waals surface area contributed by atoms with E-state index in [1.54, 1.807) is 0 Å². The van der Waals surface area contributed by atoms with Crippen LogP contribution in [0.15, 0.2) is 12.4 Å². The quantitative estimate of drug-likeness (QED) is 0.698. The Bertz CT molecular complexity index is 286. The van der Waals surface area contributed by atoms with Gasteiger partial charge in [0, 0.05) is 19.4 Å². The van der Waals surface area contributed by atoms with E-state index in [0.29, 0.717) is 0 Å². The lowest BCUT2D eigenvalue weighted by molar-refractivity contribution is 0.145. The number of aromatic nitrogens is 2. The zero-order chi connectivity index (χ0) is 11.3. The van der Waals surface area contributed by atoms with Gasteiger partial charge in [-0.25, -0.2) is 0 Å². The maximum atomic E-state index is 5.30. The van der Waals surface area contributed by atoms with E-state index >= 15 is 0 Å². The van der Waals surface area contributed by atoms with E-state index < -0.39 is 0 Å². The van der Waals surface area contributed by atoms with Gasteiger partial charge in [-0.2, -0.15) is 5.10 Å². The molecule has 0 aliphatic carbocycles. The van der Waals surface area contributed by atoms with Gasteiger partial charge in [0.05, 0.1) is 11.7 Å². The average molecular weight is 210 g/mol. The molecule has 0 saturated heterocycles. The molecule has 0 fully saturated rings. The van der Waals surface area contributed by atoms with Gasteiger partial charge in [-0.1, -0.05) is 0 Å². The largest absolute Gasteiger partial charge is 0.382 e. The van der Waals surface area contributed by atoms with E-state index in [1.165, 1.54) is 5.56 Å². The number of ether oxygens (including phenoxy) is 1. The number of rotatable bonds is 5. The van der Waals surface area contributed by atoms with Crippen molar-refractivity contribution in [1.82, 2.24) is 9.78 Å². The van der Waals surface area contributed by atoms with Crippen LogP contribution in [0.2, 0.25) is 0 Å².